The average molecular weight is 481 g/mol. The van der Waals surface area contributed by atoms with E-state index in [0.717, 1.165) is 11.2 Å². The van der Waals surface area contributed by atoms with Crippen LogP contribution < -0.4 is 5.32 Å². The van der Waals surface area contributed by atoms with Gasteiger partial charge in [0.2, 0.25) is 5.91 Å². The van der Waals surface area contributed by atoms with Crippen LogP contribution in [0.15, 0.2) is 55.4 Å². The van der Waals surface area contributed by atoms with Crippen molar-refractivity contribution in [1.82, 2.24) is 39.7 Å². The second kappa shape index (κ2) is 8.38. The monoisotopic (exact) mass is 481 g/mol. The molecule has 5 aromatic heterocycles. The van der Waals surface area contributed by atoms with Crippen LogP contribution in [0.3, 0.4) is 0 Å². The molecule has 1 amide bonds. The van der Waals surface area contributed by atoms with Gasteiger partial charge < -0.3 is 10.3 Å². The number of benzene rings is 1. The maximum absolute atomic E-state index is 16.0. The van der Waals surface area contributed by atoms with Crippen molar-refractivity contribution < 1.29 is 9.18 Å². The lowest BCUT2D eigenvalue weighted by Crippen LogP contribution is -2.09. The number of aryl methyl sites for hydroxylation is 1. The van der Waals surface area contributed by atoms with Gasteiger partial charge in [0.1, 0.15) is 23.4 Å². The fourth-order valence-corrected chi connectivity index (χ4v) is 4.13. The molecule has 1 aromatic carbocycles. The molecular weight excluding hydrogens is 461 g/mol. The number of nitrogens with zero attached hydrogens (tertiary/aromatic N) is 6. The number of carbonyl (C=O) groups is 1. The Labute approximate surface area is 203 Å². The van der Waals surface area contributed by atoms with Crippen molar-refractivity contribution in [2.24, 2.45) is 0 Å². The molecule has 0 saturated carbocycles. The van der Waals surface area contributed by atoms with E-state index < -0.39 is 5.82 Å². The van der Waals surface area contributed by atoms with E-state index >= 15 is 4.39 Å². The molecule has 3 N–H and O–H groups in total. The minimum Gasteiger partial charge on any atom is -0.336 e. The Bertz CT molecular complexity index is 1760. The van der Waals surface area contributed by atoms with Gasteiger partial charge in [-0.2, -0.15) is 5.10 Å². The van der Waals surface area contributed by atoms with Crippen molar-refractivity contribution in [3.8, 4) is 28.5 Å². The summed E-state index contributed by atoms with van der Waals surface area (Å²) in [6, 6.07) is 6.91. The standard InChI is InChI=1S/C25H20FN9O/c1-3-19(36)30-15-8-14(9-27-10-15)16-4-5-17-20(21(16)26)23(34-33-17)24-31-18-6-7-28-25(22(18)32-24)35-11-13(2)29-12-35/h4-12H,3H2,1-2H3,(H,30,36)(H,31,32)(H,33,34). The van der Waals surface area contributed by atoms with Gasteiger partial charge in [-0.15, -0.1) is 0 Å². The molecule has 36 heavy (non-hydrogen) atoms. The average Bonchev–Trinajstić information content (AvgIpc) is 3.62. The molecule has 178 valence electrons. The number of rotatable bonds is 5. The number of aromatic amines is 2. The lowest BCUT2D eigenvalue weighted by atomic mass is 10.0. The number of carbonyl (C=O) groups excluding carboxylic acids is 1. The number of H-pyrrole nitrogens is 2. The van der Waals surface area contributed by atoms with E-state index in [-0.39, 0.29) is 5.91 Å². The third-order valence-corrected chi connectivity index (χ3v) is 5.88. The number of anilines is 1. The molecule has 0 aliphatic heterocycles. The number of fused-ring (bicyclic) bond motifs is 2. The molecule has 0 bridgehead atoms. The summed E-state index contributed by atoms with van der Waals surface area (Å²) in [5.41, 5.74) is 4.43. The highest BCUT2D eigenvalue weighted by atomic mass is 19.1. The zero-order chi connectivity index (χ0) is 24.8. The minimum absolute atomic E-state index is 0.147. The summed E-state index contributed by atoms with van der Waals surface area (Å²) in [5.74, 6) is 0.391. The van der Waals surface area contributed by atoms with Crippen LogP contribution in [0.1, 0.15) is 19.0 Å². The largest absolute Gasteiger partial charge is 0.336 e. The molecule has 0 radical (unpaired) electrons. The summed E-state index contributed by atoms with van der Waals surface area (Å²) in [5, 5.41) is 10.3. The highest BCUT2D eigenvalue weighted by Crippen LogP contribution is 2.34. The summed E-state index contributed by atoms with van der Waals surface area (Å²) < 4.78 is 17.7. The zero-order valence-corrected chi connectivity index (χ0v) is 19.4. The topological polar surface area (TPSA) is 130 Å². The second-order valence-electron chi connectivity index (χ2n) is 8.32. The number of nitrogens with one attached hydrogen (secondary N) is 3. The van der Waals surface area contributed by atoms with Crippen molar-refractivity contribution in [3.63, 3.8) is 0 Å². The van der Waals surface area contributed by atoms with E-state index in [9.17, 15) is 4.79 Å². The summed E-state index contributed by atoms with van der Waals surface area (Å²) in [7, 11) is 0. The van der Waals surface area contributed by atoms with Crippen LogP contribution in [0.5, 0.6) is 0 Å². The van der Waals surface area contributed by atoms with Crippen LogP contribution in [-0.4, -0.2) is 45.6 Å². The van der Waals surface area contributed by atoms with Crippen LogP contribution in [0.4, 0.5) is 10.1 Å². The van der Waals surface area contributed by atoms with E-state index in [1.54, 1.807) is 54.5 Å². The maximum Gasteiger partial charge on any atom is 0.224 e. The van der Waals surface area contributed by atoms with Gasteiger partial charge >= 0.3 is 0 Å². The minimum atomic E-state index is -0.471. The van der Waals surface area contributed by atoms with E-state index in [1.165, 1.54) is 6.20 Å². The Morgan fingerprint density at radius 3 is 2.86 bits per heavy atom. The van der Waals surface area contributed by atoms with Crippen LogP contribution in [0.2, 0.25) is 0 Å². The molecule has 0 fully saturated rings. The van der Waals surface area contributed by atoms with Gasteiger partial charge in [-0.3, -0.25) is 19.4 Å². The van der Waals surface area contributed by atoms with Gasteiger partial charge in [0.15, 0.2) is 11.6 Å². The normalized spacial score (nSPS) is 11.4. The van der Waals surface area contributed by atoms with Crippen LogP contribution in [0.25, 0.3) is 50.4 Å². The van der Waals surface area contributed by atoms with Crippen molar-refractivity contribution in [2.45, 2.75) is 20.3 Å². The van der Waals surface area contributed by atoms with Crippen molar-refractivity contribution in [3.05, 3.63) is 66.9 Å². The van der Waals surface area contributed by atoms with Crippen molar-refractivity contribution in [1.29, 1.82) is 0 Å². The molecule has 11 heteroatoms. The SMILES string of the molecule is CCC(=O)Nc1cncc(-c2ccc3[nH]nc(-c4nc5c(-n6cnc(C)c6)nccc5[nH]4)c3c2F)c1. The summed E-state index contributed by atoms with van der Waals surface area (Å²) in [6.45, 7) is 3.65. The van der Waals surface area contributed by atoms with Gasteiger partial charge in [-0.1, -0.05) is 6.92 Å². The van der Waals surface area contributed by atoms with Gasteiger partial charge in [-0.25, -0.2) is 19.3 Å². The molecule has 0 aliphatic carbocycles. The molecule has 6 rings (SSSR count). The predicted octanol–water partition coefficient (Wildman–Crippen LogP) is 4.54. The molecule has 0 aliphatic rings. The first kappa shape index (κ1) is 21.6. The van der Waals surface area contributed by atoms with E-state index in [0.29, 0.717) is 57.0 Å². The van der Waals surface area contributed by atoms with Crippen molar-refractivity contribution in [2.75, 3.05) is 5.32 Å². The quantitative estimate of drug-likeness (QED) is 0.331. The first-order valence-electron chi connectivity index (χ1n) is 11.3. The number of halogens is 1. The van der Waals surface area contributed by atoms with Gasteiger partial charge in [-0.05, 0) is 31.2 Å². The molecule has 10 nitrogen and oxygen atoms in total. The van der Waals surface area contributed by atoms with E-state index in [2.05, 4.69) is 35.5 Å². The molecular formula is C25H20FN9O. The Kier molecular flexibility index (Phi) is 5.03. The van der Waals surface area contributed by atoms with Gasteiger partial charge in [0.25, 0.3) is 0 Å². The van der Waals surface area contributed by atoms with Gasteiger partial charge in [0, 0.05) is 36.1 Å². The number of aromatic nitrogens is 8. The lowest BCUT2D eigenvalue weighted by molar-refractivity contribution is -0.115. The Hall–Kier alpha value is -4.93. The smallest absolute Gasteiger partial charge is 0.224 e. The molecule has 0 spiro atoms. The Balaban J connectivity index is 1.47. The van der Waals surface area contributed by atoms with Crippen LogP contribution in [-0.2, 0) is 4.79 Å². The van der Waals surface area contributed by atoms with Gasteiger partial charge in [0.05, 0.1) is 34.0 Å². The van der Waals surface area contributed by atoms with E-state index in [4.69, 9.17) is 4.98 Å². The van der Waals surface area contributed by atoms with Crippen molar-refractivity contribution >= 4 is 33.5 Å². The number of imidazole rings is 2. The summed E-state index contributed by atoms with van der Waals surface area (Å²) >= 11 is 0. The third-order valence-electron chi connectivity index (χ3n) is 5.88. The zero-order valence-electron chi connectivity index (χ0n) is 19.4. The van der Waals surface area contributed by atoms with Crippen LogP contribution in [0, 0.1) is 12.7 Å². The first-order valence-corrected chi connectivity index (χ1v) is 11.3. The number of pyridine rings is 2. The maximum atomic E-state index is 16.0. The Morgan fingerprint density at radius 2 is 2.06 bits per heavy atom. The number of hydrogen-bond acceptors (Lipinski definition) is 6. The molecule has 5 heterocycles. The summed E-state index contributed by atoms with van der Waals surface area (Å²) in [6.07, 6.45) is 8.62. The first-order chi connectivity index (χ1) is 17.5. The predicted molar refractivity (Wildman–Crippen MR) is 133 cm³/mol. The fourth-order valence-electron chi connectivity index (χ4n) is 4.13. The Morgan fingerprint density at radius 1 is 1.17 bits per heavy atom. The number of hydrogen-bond donors (Lipinski definition) is 3. The number of amides is 1. The molecule has 6 aromatic rings. The highest BCUT2D eigenvalue weighted by Gasteiger charge is 2.21. The molecule has 0 unspecified atom stereocenters. The highest BCUT2D eigenvalue weighted by molar-refractivity contribution is 5.97. The fraction of sp³-hybridized carbons (Fsp3) is 0.120. The van der Waals surface area contributed by atoms with E-state index in [1.807, 2.05) is 13.1 Å². The second-order valence-corrected chi connectivity index (χ2v) is 8.32. The molecule has 0 atom stereocenters. The third kappa shape index (κ3) is 3.57. The summed E-state index contributed by atoms with van der Waals surface area (Å²) in [4.78, 5) is 32.6. The lowest BCUT2D eigenvalue weighted by Gasteiger charge is -2.08. The molecule has 0 saturated heterocycles. The van der Waals surface area contributed by atoms with Crippen LogP contribution >= 0.6 is 0 Å².